The second-order valence-corrected chi connectivity index (χ2v) is 3.16. The number of hydrogen-bond acceptors (Lipinski definition) is 3. The molecule has 0 atom stereocenters. The SMILES string of the molecule is N#Cc1nc2ccc(Br)cc2o1. The summed E-state index contributed by atoms with van der Waals surface area (Å²) in [5.41, 5.74) is 1.33. The van der Waals surface area contributed by atoms with Crippen molar-refractivity contribution >= 4 is 27.0 Å². The molecule has 1 aromatic heterocycles. The standard InChI is InChI=1S/C8H3BrN2O/c9-5-1-2-6-7(3-5)12-8(4-10)11-6/h1-3H. The molecule has 0 aliphatic carbocycles. The van der Waals surface area contributed by atoms with Gasteiger partial charge in [-0.1, -0.05) is 15.9 Å². The first-order valence-electron chi connectivity index (χ1n) is 3.26. The van der Waals surface area contributed by atoms with Gasteiger partial charge in [-0.2, -0.15) is 10.2 Å². The molecule has 2 rings (SSSR count). The molecule has 3 nitrogen and oxygen atoms in total. The van der Waals surface area contributed by atoms with E-state index in [9.17, 15) is 0 Å². The number of aromatic nitrogens is 1. The summed E-state index contributed by atoms with van der Waals surface area (Å²) >= 11 is 3.29. The molecule has 0 saturated heterocycles. The number of hydrogen-bond donors (Lipinski definition) is 0. The minimum Gasteiger partial charge on any atom is -0.428 e. The molecule has 0 aliphatic heterocycles. The molecule has 2 aromatic rings. The molecule has 0 saturated carbocycles. The zero-order valence-corrected chi connectivity index (χ0v) is 7.50. The topological polar surface area (TPSA) is 49.8 Å². The predicted molar refractivity (Wildman–Crippen MR) is 46.4 cm³/mol. The van der Waals surface area contributed by atoms with E-state index in [0.717, 1.165) is 4.47 Å². The Hall–Kier alpha value is -1.34. The number of halogens is 1. The average molecular weight is 223 g/mol. The minimum atomic E-state index is 0.100. The van der Waals surface area contributed by atoms with Gasteiger partial charge in [-0.05, 0) is 18.2 Å². The van der Waals surface area contributed by atoms with Crippen LogP contribution in [0.15, 0.2) is 27.1 Å². The molecule has 4 heteroatoms. The highest BCUT2D eigenvalue weighted by Gasteiger charge is 2.03. The third kappa shape index (κ3) is 1.08. The fourth-order valence-corrected chi connectivity index (χ4v) is 1.29. The molecule has 0 radical (unpaired) electrons. The Morgan fingerprint density at radius 1 is 1.50 bits per heavy atom. The van der Waals surface area contributed by atoms with Gasteiger partial charge < -0.3 is 4.42 Å². The summed E-state index contributed by atoms with van der Waals surface area (Å²) in [5, 5.41) is 8.49. The van der Waals surface area contributed by atoms with Crippen molar-refractivity contribution in [1.82, 2.24) is 4.98 Å². The normalized spacial score (nSPS) is 10.0. The molecule has 0 fully saturated rings. The van der Waals surface area contributed by atoms with Gasteiger partial charge in [-0.15, -0.1) is 0 Å². The van der Waals surface area contributed by atoms with Gasteiger partial charge in [0.15, 0.2) is 11.7 Å². The highest BCUT2D eigenvalue weighted by Crippen LogP contribution is 2.19. The number of fused-ring (bicyclic) bond motifs is 1. The van der Waals surface area contributed by atoms with E-state index >= 15 is 0 Å². The molecule has 0 amide bonds. The second kappa shape index (κ2) is 2.61. The third-order valence-electron chi connectivity index (χ3n) is 1.45. The van der Waals surface area contributed by atoms with Crippen molar-refractivity contribution in [1.29, 1.82) is 5.26 Å². The van der Waals surface area contributed by atoms with Crippen LogP contribution in [0.5, 0.6) is 0 Å². The zero-order valence-electron chi connectivity index (χ0n) is 5.91. The van der Waals surface area contributed by atoms with Crippen LogP contribution in [0.1, 0.15) is 5.89 Å². The molecule has 1 heterocycles. The van der Waals surface area contributed by atoms with E-state index in [-0.39, 0.29) is 5.89 Å². The number of benzene rings is 1. The van der Waals surface area contributed by atoms with Crippen LogP contribution in [-0.4, -0.2) is 4.98 Å². The molecule has 12 heavy (non-hydrogen) atoms. The summed E-state index contributed by atoms with van der Waals surface area (Å²) < 4.78 is 6.01. The van der Waals surface area contributed by atoms with E-state index in [4.69, 9.17) is 9.68 Å². The lowest BCUT2D eigenvalue weighted by Gasteiger charge is -1.85. The summed E-state index contributed by atoms with van der Waals surface area (Å²) in [6, 6.07) is 7.27. The van der Waals surface area contributed by atoms with Gasteiger partial charge in [0.2, 0.25) is 0 Å². The van der Waals surface area contributed by atoms with Gasteiger partial charge in [0, 0.05) is 4.47 Å². The Morgan fingerprint density at radius 3 is 3.08 bits per heavy atom. The van der Waals surface area contributed by atoms with Crippen LogP contribution in [-0.2, 0) is 0 Å². The molecular formula is C8H3BrN2O. The molecule has 0 aliphatic rings. The molecule has 0 bridgehead atoms. The summed E-state index contributed by atoms with van der Waals surface area (Å²) in [7, 11) is 0. The monoisotopic (exact) mass is 222 g/mol. The van der Waals surface area contributed by atoms with Gasteiger partial charge in [-0.25, -0.2) is 0 Å². The van der Waals surface area contributed by atoms with Gasteiger partial charge in [0.05, 0.1) is 0 Å². The van der Waals surface area contributed by atoms with Gasteiger partial charge in [0.1, 0.15) is 5.52 Å². The largest absolute Gasteiger partial charge is 0.428 e. The highest BCUT2D eigenvalue weighted by atomic mass is 79.9. The lowest BCUT2D eigenvalue weighted by Crippen LogP contribution is -1.68. The summed E-state index contributed by atoms with van der Waals surface area (Å²) in [6.07, 6.45) is 0. The maximum Gasteiger partial charge on any atom is 0.301 e. The van der Waals surface area contributed by atoms with Crippen LogP contribution in [0, 0.1) is 11.3 Å². The van der Waals surface area contributed by atoms with Crippen LogP contribution < -0.4 is 0 Å². The van der Waals surface area contributed by atoms with Gasteiger partial charge in [0.25, 0.3) is 0 Å². The van der Waals surface area contributed by atoms with Gasteiger partial charge >= 0.3 is 5.89 Å². The number of oxazole rings is 1. The Balaban J connectivity index is 2.77. The van der Waals surface area contributed by atoms with Crippen molar-refractivity contribution in [2.75, 3.05) is 0 Å². The van der Waals surface area contributed by atoms with E-state index < -0.39 is 0 Å². The van der Waals surface area contributed by atoms with Crippen molar-refractivity contribution in [3.8, 4) is 6.07 Å². The summed E-state index contributed by atoms with van der Waals surface area (Å²) in [4.78, 5) is 3.92. The maximum atomic E-state index is 8.49. The Labute approximate surface area is 76.8 Å². The van der Waals surface area contributed by atoms with E-state index in [2.05, 4.69) is 20.9 Å². The average Bonchev–Trinajstić information content (AvgIpc) is 2.46. The van der Waals surface area contributed by atoms with E-state index in [1.807, 2.05) is 12.1 Å². The quantitative estimate of drug-likeness (QED) is 0.689. The first-order chi connectivity index (χ1) is 5.79. The van der Waals surface area contributed by atoms with Crippen molar-refractivity contribution in [3.63, 3.8) is 0 Å². The molecule has 1 aromatic carbocycles. The van der Waals surface area contributed by atoms with E-state index in [1.165, 1.54) is 0 Å². The number of nitriles is 1. The summed E-state index contributed by atoms with van der Waals surface area (Å²) in [6.45, 7) is 0. The van der Waals surface area contributed by atoms with Crippen LogP contribution in [0.2, 0.25) is 0 Å². The first-order valence-corrected chi connectivity index (χ1v) is 4.05. The van der Waals surface area contributed by atoms with E-state index in [1.54, 1.807) is 12.1 Å². The fraction of sp³-hybridized carbons (Fsp3) is 0. The van der Waals surface area contributed by atoms with Crippen LogP contribution in [0.3, 0.4) is 0 Å². The van der Waals surface area contributed by atoms with Crippen molar-refractivity contribution in [3.05, 3.63) is 28.6 Å². The predicted octanol–water partition coefficient (Wildman–Crippen LogP) is 2.46. The summed E-state index contributed by atoms with van der Waals surface area (Å²) in [5.74, 6) is 0.100. The maximum absolute atomic E-state index is 8.49. The Bertz CT molecular complexity index is 469. The van der Waals surface area contributed by atoms with Crippen LogP contribution in [0.25, 0.3) is 11.1 Å². The first kappa shape index (κ1) is 7.32. The Kier molecular flexibility index (Phi) is 1.59. The van der Waals surface area contributed by atoms with E-state index in [0.29, 0.717) is 11.1 Å². The molecule has 0 unspecified atom stereocenters. The third-order valence-corrected chi connectivity index (χ3v) is 1.94. The molecule has 58 valence electrons. The second-order valence-electron chi connectivity index (χ2n) is 2.24. The fourth-order valence-electron chi connectivity index (χ4n) is 0.946. The van der Waals surface area contributed by atoms with Gasteiger partial charge in [-0.3, -0.25) is 0 Å². The molecule has 0 N–H and O–H groups in total. The number of rotatable bonds is 0. The zero-order chi connectivity index (χ0) is 8.55. The molecule has 0 spiro atoms. The Morgan fingerprint density at radius 2 is 2.33 bits per heavy atom. The number of nitrogens with zero attached hydrogens (tertiary/aromatic N) is 2. The highest BCUT2D eigenvalue weighted by molar-refractivity contribution is 9.10. The van der Waals surface area contributed by atoms with Crippen LogP contribution >= 0.6 is 15.9 Å². The van der Waals surface area contributed by atoms with Crippen LogP contribution in [0.4, 0.5) is 0 Å². The molecular weight excluding hydrogens is 220 g/mol. The van der Waals surface area contributed by atoms with Crippen molar-refractivity contribution < 1.29 is 4.42 Å². The lowest BCUT2D eigenvalue weighted by atomic mass is 10.3. The minimum absolute atomic E-state index is 0.100. The van der Waals surface area contributed by atoms with Crippen molar-refractivity contribution in [2.45, 2.75) is 0 Å². The van der Waals surface area contributed by atoms with Crippen molar-refractivity contribution in [2.24, 2.45) is 0 Å². The lowest BCUT2D eigenvalue weighted by molar-refractivity contribution is 0.584. The smallest absolute Gasteiger partial charge is 0.301 e.